The fourth-order valence-electron chi connectivity index (χ4n) is 3.94. The number of nitrogens with zero attached hydrogens (tertiary/aromatic N) is 3. The van der Waals surface area contributed by atoms with E-state index in [2.05, 4.69) is 6.07 Å². The van der Waals surface area contributed by atoms with E-state index in [1.807, 2.05) is 34.1 Å². The zero-order valence-electron chi connectivity index (χ0n) is 13.1. The number of epoxide rings is 1. The molecule has 3 aliphatic rings. The van der Waals surface area contributed by atoms with Crippen molar-refractivity contribution in [3.05, 3.63) is 35.4 Å². The summed E-state index contributed by atoms with van der Waals surface area (Å²) in [6, 6.07) is 10.5. The molecule has 1 aromatic rings. The normalized spacial score (nSPS) is 29.3. The fraction of sp³-hybridized carbons (Fsp3) is 0.556. The lowest BCUT2D eigenvalue weighted by Gasteiger charge is -2.31. The van der Waals surface area contributed by atoms with E-state index >= 15 is 0 Å². The minimum absolute atomic E-state index is 0.154. The number of ether oxygens (including phenoxy) is 1. The van der Waals surface area contributed by atoms with Crippen molar-refractivity contribution < 1.29 is 9.53 Å². The predicted molar refractivity (Wildman–Crippen MR) is 84.6 cm³/mol. The third-order valence-electron chi connectivity index (χ3n) is 5.22. The fourth-order valence-corrected chi connectivity index (χ4v) is 3.94. The first-order valence-electron chi connectivity index (χ1n) is 8.44. The standard InChI is InChI=1S/C18H21N3O2/c19-9-13-5-7-14(8-6-13)10-20-16-3-1-2-4-17(16)21(18(20)22)11-15-12-23-15/h5-8,15-17H,1-4,10-12H2/t15?,16-,17-/m0/s1. The van der Waals surface area contributed by atoms with Gasteiger partial charge < -0.3 is 14.5 Å². The molecule has 2 amide bonds. The summed E-state index contributed by atoms with van der Waals surface area (Å²) in [5, 5.41) is 8.90. The van der Waals surface area contributed by atoms with Crippen molar-refractivity contribution in [2.75, 3.05) is 13.2 Å². The van der Waals surface area contributed by atoms with Crippen LogP contribution in [0.3, 0.4) is 0 Å². The predicted octanol–water partition coefficient (Wildman–Crippen LogP) is 2.51. The molecule has 1 aromatic carbocycles. The minimum atomic E-state index is 0.154. The molecule has 2 aliphatic heterocycles. The first kappa shape index (κ1) is 14.5. The van der Waals surface area contributed by atoms with Crippen LogP contribution in [0.2, 0.25) is 0 Å². The molecule has 1 saturated carbocycles. The van der Waals surface area contributed by atoms with E-state index in [0.717, 1.165) is 31.6 Å². The number of nitriles is 1. The number of urea groups is 1. The molecular formula is C18H21N3O2. The average molecular weight is 311 g/mol. The molecule has 0 radical (unpaired) electrons. The topological polar surface area (TPSA) is 59.9 Å². The molecule has 23 heavy (non-hydrogen) atoms. The van der Waals surface area contributed by atoms with Gasteiger partial charge in [-0.3, -0.25) is 0 Å². The van der Waals surface area contributed by atoms with Gasteiger partial charge in [-0.25, -0.2) is 4.79 Å². The van der Waals surface area contributed by atoms with E-state index in [1.165, 1.54) is 12.8 Å². The van der Waals surface area contributed by atoms with E-state index in [4.69, 9.17) is 10.00 Å². The summed E-state index contributed by atoms with van der Waals surface area (Å²) in [6.45, 7) is 2.16. The van der Waals surface area contributed by atoms with Crippen LogP contribution in [0.1, 0.15) is 36.8 Å². The van der Waals surface area contributed by atoms with Gasteiger partial charge in [0.05, 0.1) is 43.0 Å². The van der Waals surface area contributed by atoms with E-state index in [0.29, 0.717) is 24.2 Å². The first-order valence-corrected chi connectivity index (χ1v) is 8.44. The number of benzene rings is 1. The molecular weight excluding hydrogens is 290 g/mol. The third kappa shape index (κ3) is 2.79. The van der Waals surface area contributed by atoms with E-state index in [9.17, 15) is 4.79 Å². The summed E-state index contributed by atoms with van der Waals surface area (Å²) in [5.41, 5.74) is 1.75. The van der Waals surface area contributed by atoms with Crippen LogP contribution in [0, 0.1) is 11.3 Å². The van der Waals surface area contributed by atoms with Crippen molar-refractivity contribution in [3.8, 4) is 6.07 Å². The molecule has 1 aliphatic carbocycles. The van der Waals surface area contributed by atoms with E-state index in [-0.39, 0.29) is 12.1 Å². The Morgan fingerprint density at radius 3 is 2.39 bits per heavy atom. The summed E-state index contributed by atoms with van der Waals surface area (Å²) < 4.78 is 5.33. The number of carbonyl (C=O) groups excluding carboxylic acids is 1. The number of carbonyl (C=O) groups is 1. The van der Waals surface area contributed by atoms with Crippen LogP contribution in [-0.4, -0.2) is 47.2 Å². The molecule has 1 unspecified atom stereocenters. The summed E-state index contributed by atoms with van der Waals surface area (Å²) in [6.07, 6.45) is 4.85. The SMILES string of the molecule is N#Cc1ccc(CN2C(=O)N(CC3CO3)[C@H]3CCCC[C@@H]32)cc1. The summed E-state index contributed by atoms with van der Waals surface area (Å²) in [7, 11) is 0. The summed E-state index contributed by atoms with van der Waals surface area (Å²) in [5.74, 6) is 0. The Labute approximate surface area is 136 Å². The molecule has 2 saturated heterocycles. The molecule has 0 bridgehead atoms. The molecule has 0 aromatic heterocycles. The second-order valence-electron chi connectivity index (χ2n) is 6.75. The molecule has 0 spiro atoms. The second kappa shape index (κ2) is 5.86. The minimum Gasteiger partial charge on any atom is -0.371 e. The van der Waals surface area contributed by atoms with Gasteiger partial charge in [-0.1, -0.05) is 25.0 Å². The zero-order valence-corrected chi connectivity index (χ0v) is 13.1. The molecule has 0 N–H and O–H groups in total. The molecule has 120 valence electrons. The van der Waals surface area contributed by atoms with Crippen molar-refractivity contribution in [1.82, 2.24) is 9.80 Å². The van der Waals surface area contributed by atoms with Crippen LogP contribution < -0.4 is 0 Å². The van der Waals surface area contributed by atoms with Crippen molar-refractivity contribution in [1.29, 1.82) is 5.26 Å². The van der Waals surface area contributed by atoms with Gasteiger partial charge in [0, 0.05) is 6.54 Å². The van der Waals surface area contributed by atoms with Gasteiger partial charge in [-0.05, 0) is 30.5 Å². The lowest BCUT2D eigenvalue weighted by atomic mass is 9.90. The molecule has 5 nitrogen and oxygen atoms in total. The van der Waals surface area contributed by atoms with Gasteiger partial charge in [0.2, 0.25) is 0 Å². The monoisotopic (exact) mass is 311 g/mol. The summed E-state index contributed by atoms with van der Waals surface area (Å²) in [4.78, 5) is 17.0. The quantitative estimate of drug-likeness (QED) is 0.803. The molecule has 5 heteroatoms. The number of amides is 2. The molecule has 4 rings (SSSR count). The number of fused-ring (bicyclic) bond motifs is 1. The van der Waals surface area contributed by atoms with Crippen molar-refractivity contribution in [2.45, 2.75) is 50.4 Å². The van der Waals surface area contributed by atoms with Gasteiger partial charge in [0.1, 0.15) is 0 Å². The van der Waals surface area contributed by atoms with E-state index in [1.54, 1.807) is 0 Å². The van der Waals surface area contributed by atoms with Crippen molar-refractivity contribution in [3.63, 3.8) is 0 Å². The molecule has 2 heterocycles. The number of hydrogen-bond donors (Lipinski definition) is 0. The number of hydrogen-bond acceptors (Lipinski definition) is 3. The molecule has 3 fully saturated rings. The van der Waals surface area contributed by atoms with Crippen molar-refractivity contribution >= 4 is 6.03 Å². The Kier molecular flexibility index (Phi) is 3.70. The molecule has 3 atom stereocenters. The highest BCUT2D eigenvalue weighted by Gasteiger charge is 2.47. The van der Waals surface area contributed by atoms with Crippen LogP contribution in [0.5, 0.6) is 0 Å². The Morgan fingerprint density at radius 1 is 1.13 bits per heavy atom. The lowest BCUT2D eigenvalue weighted by Crippen LogP contribution is -2.40. The Bertz CT molecular complexity index is 633. The highest BCUT2D eigenvalue weighted by molar-refractivity contribution is 5.78. The largest absolute Gasteiger partial charge is 0.371 e. The first-order chi connectivity index (χ1) is 11.3. The zero-order chi connectivity index (χ0) is 15.8. The maximum Gasteiger partial charge on any atom is 0.321 e. The van der Waals surface area contributed by atoms with Gasteiger partial charge in [-0.2, -0.15) is 5.26 Å². The second-order valence-corrected chi connectivity index (χ2v) is 6.75. The van der Waals surface area contributed by atoms with Crippen LogP contribution in [0.15, 0.2) is 24.3 Å². The van der Waals surface area contributed by atoms with Crippen LogP contribution in [-0.2, 0) is 11.3 Å². The third-order valence-corrected chi connectivity index (χ3v) is 5.22. The maximum absolute atomic E-state index is 12.9. The van der Waals surface area contributed by atoms with Gasteiger partial charge in [0.15, 0.2) is 0 Å². The highest BCUT2D eigenvalue weighted by atomic mass is 16.6. The number of rotatable bonds is 4. The van der Waals surface area contributed by atoms with Crippen molar-refractivity contribution in [2.24, 2.45) is 0 Å². The van der Waals surface area contributed by atoms with Crippen LogP contribution in [0.4, 0.5) is 4.79 Å². The maximum atomic E-state index is 12.9. The van der Waals surface area contributed by atoms with E-state index < -0.39 is 0 Å². The summed E-state index contributed by atoms with van der Waals surface area (Å²) >= 11 is 0. The average Bonchev–Trinajstić information content (AvgIpc) is 3.38. The Hall–Kier alpha value is -2.06. The Balaban J connectivity index is 1.53. The van der Waals surface area contributed by atoms with Crippen LogP contribution in [0.25, 0.3) is 0 Å². The highest BCUT2D eigenvalue weighted by Crippen LogP contribution is 2.36. The lowest BCUT2D eigenvalue weighted by molar-refractivity contribution is 0.178. The van der Waals surface area contributed by atoms with Gasteiger partial charge >= 0.3 is 6.03 Å². The Morgan fingerprint density at radius 2 is 1.78 bits per heavy atom. The van der Waals surface area contributed by atoms with Crippen LogP contribution >= 0.6 is 0 Å². The van der Waals surface area contributed by atoms with Gasteiger partial charge in [-0.15, -0.1) is 0 Å². The smallest absolute Gasteiger partial charge is 0.321 e. The van der Waals surface area contributed by atoms with Gasteiger partial charge in [0.25, 0.3) is 0 Å².